The number of carbonyl (C=O) groups excluding carboxylic acids is 1. The van der Waals surface area contributed by atoms with Gasteiger partial charge in [0.05, 0.1) is 25.2 Å². The third kappa shape index (κ3) is 9.58. The SMILES string of the molecule is CC(C)(COC(c1ccccc1)(c1ccccc1)c1ccccc1)C(=O)SCCOP(=O)(NCc1ccccc1)OC[C@H]1O[C@@H](n2ccn3c(=O)nc(N)nc23)C(C)(O)[C@H]1O. The lowest BCUT2D eigenvalue weighted by Crippen LogP contribution is -2.44. The summed E-state index contributed by atoms with van der Waals surface area (Å²) in [5.41, 5.74) is 4.70. The smallest absolute Gasteiger partial charge is 0.387 e. The number of nitrogens with zero attached hydrogens (tertiary/aromatic N) is 4. The Balaban J connectivity index is 1.02. The van der Waals surface area contributed by atoms with Crippen molar-refractivity contribution in [3.05, 3.63) is 166 Å². The number of rotatable bonds is 18. The molecule has 4 aromatic carbocycles. The summed E-state index contributed by atoms with van der Waals surface area (Å²) < 4.78 is 41.5. The summed E-state index contributed by atoms with van der Waals surface area (Å²) in [6.07, 6.45) is -1.16. The number of anilines is 1. The zero-order valence-electron chi connectivity index (χ0n) is 33.9. The van der Waals surface area contributed by atoms with Crippen LogP contribution in [0.25, 0.3) is 5.78 Å². The summed E-state index contributed by atoms with van der Waals surface area (Å²) in [6.45, 7) is 4.59. The van der Waals surface area contributed by atoms with Crippen molar-refractivity contribution in [2.24, 2.45) is 5.41 Å². The van der Waals surface area contributed by atoms with E-state index in [1.807, 2.05) is 135 Å². The largest absolute Gasteiger partial charge is 0.405 e. The summed E-state index contributed by atoms with van der Waals surface area (Å²) in [5.74, 6) is -0.118. The summed E-state index contributed by atoms with van der Waals surface area (Å²) in [6, 6.07) is 39.0. The molecule has 1 aliphatic heterocycles. The Morgan fingerprint density at radius 3 is 2.03 bits per heavy atom. The molecule has 5 atom stereocenters. The van der Waals surface area contributed by atoms with Crippen LogP contribution in [0.1, 0.15) is 49.3 Å². The molecule has 1 saturated heterocycles. The quantitative estimate of drug-likeness (QED) is 0.0465. The van der Waals surface area contributed by atoms with Crippen LogP contribution in [0.2, 0.25) is 0 Å². The second-order valence-electron chi connectivity index (χ2n) is 15.5. The van der Waals surface area contributed by atoms with Crippen molar-refractivity contribution in [3.8, 4) is 0 Å². The number of carbonyl (C=O) groups is 1. The summed E-state index contributed by atoms with van der Waals surface area (Å²) in [4.78, 5) is 34.0. The molecule has 1 fully saturated rings. The fourth-order valence-electron chi connectivity index (χ4n) is 7.18. The number of nitrogen functional groups attached to an aromatic ring is 1. The minimum absolute atomic E-state index is 0.0276. The molecule has 0 amide bonds. The van der Waals surface area contributed by atoms with Crippen LogP contribution >= 0.6 is 19.5 Å². The molecule has 0 saturated carbocycles. The molecule has 61 heavy (non-hydrogen) atoms. The van der Waals surface area contributed by atoms with Crippen LogP contribution in [0.3, 0.4) is 0 Å². The number of nitrogens with two attached hydrogens (primary N) is 1. The molecule has 2 aromatic heterocycles. The van der Waals surface area contributed by atoms with Gasteiger partial charge in [-0.1, -0.05) is 133 Å². The highest BCUT2D eigenvalue weighted by molar-refractivity contribution is 8.13. The Hall–Kier alpha value is -5.00. The second-order valence-corrected chi connectivity index (χ2v) is 18.4. The van der Waals surface area contributed by atoms with Crippen molar-refractivity contribution in [1.29, 1.82) is 0 Å². The van der Waals surface area contributed by atoms with Crippen LogP contribution < -0.4 is 16.5 Å². The summed E-state index contributed by atoms with van der Waals surface area (Å²) in [5, 5.41) is 25.3. The number of imidazole rings is 1. The van der Waals surface area contributed by atoms with E-state index >= 15 is 0 Å². The van der Waals surface area contributed by atoms with E-state index in [0.717, 1.165) is 38.4 Å². The zero-order chi connectivity index (χ0) is 43.3. The fraction of sp³-hybridized carbons (Fsp3) is 0.318. The highest BCUT2D eigenvalue weighted by atomic mass is 32.2. The third-order valence-corrected chi connectivity index (χ3v) is 13.3. The van der Waals surface area contributed by atoms with Gasteiger partial charge in [-0.15, -0.1) is 0 Å². The Morgan fingerprint density at radius 1 is 0.902 bits per heavy atom. The van der Waals surface area contributed by atoms with Gasteiger partial charge in [0.2, 0.25) is 11.7 Å². The predicted octanol–water partition coefficient (Wildman–Crippen LogP) is 5.71. The van der Waals surface area contributed by atoms with E-state index in [4.69, 9.17) is 24.3 Å². The van der Waals surface area contributed by atoms with E-state index in [2.05, 4.69) is 15.1 Å². The highest BCUT2D eigenvalue weighted by Gasteiger charge is 2.54. The normalized spacial score (nSPS) is 20.4. The first-order valence-electron chi connectivity index (χ1n) is 19.7. The number of ether oxygens (including phenoxy) is 2. The van der Waals surface area contributed by atoms with Gasteiger partial charge in [0, 0.05) is 24.7 Å². The van der Waals surface area contributed by atoms with Gasteiger partial charge >= 0.3 is 13.4 Å². The number of thioether (sulfide) groups is 1. The third-order valence-electron chi connectivity index (χ3n) is 10.5. The molecule has 320 valence electrons. The Morgan fingerprint density at radius 2 is 1.46 bits per heavy atom. The lowest BCUT2D eigenvalue weighted by atomic mass is 9.79. The number of hydrogen-bond acceptors (Lipinski definition) is 13. The molecule has 0 bridgehead atoms. The molecule has 3 heterocycles. The molecule has 1 aliphatic rings. The minimum Gasteiger partial charge on any atom is -0.387 e. The standard InChI is InChI=1S/C44H49N6O9PS/c1-42(2,30-56-44(32-18-10-5-11-19-32,33-20-12-6-13-21-33)34-22-14-7-15-23-34)38(52)61-27-26-57-60(55,46-28-31-16-8-4-9-17-31)58-29-35-36(51)43(3,54)37(59-35)49-24-25-50-40(49)47-39(45)48-41(50)53/h4-25,35-37,51,54H,26-30H2,1-3H3,(H,46,55)(H2,45,48,53)/t35-,36+,37-,43?,60?/m1/s1. The number of aliphatic hydroxyl groups excluding tert-OH is 1. The number of fused-ring (bicyclic) bond motifs is 1. The maximum absolute atomic E-state index is 14.3. The lowest BCUT2D eigenvalue weighted by molar-refractivity contribution is -0.124. The minimum atomic E-state index is -4.14. The van der Waals surface area contributed by atoms with Crippen LogP contribution in [-0.4, -0.2) is 77.6 Å². The highest BCUT2D eigenvalue weighted by Crippen LogP contribution is 2.47. The van der Waals surface area contributed by atoms with Gasteiger partial charge in [-0.05, 0) is 43.0 Å². The maximum Gasteiger partial charge on any atom is 0.405 e. The van der Waals surface area contributed by atoms with Gasteiger partial charge in [-0.2, -0.15) is 9.97 Å². The predicted molar refractivity (Wildman–Crippen MR) is 231 cm³/mol. The average molecular weight is 869 g/mol. The number of aromatic nitrogens is 4. The van der Waals surface area contributed by atoms with Gasteiger partial charge in [-0.3, -0.25) is 18.4 Å². The number of nitrogens with one attached hydrogen (secondary N) is 1. The van der Waals surface area contributed by atoms with Crippen LogP contribution in [0.15, 0.2) is 139 Å². The van der Waals surface area contributed by atoms with Crippen molar-refractivity contribution in [3.63, 3.8) is 0 Å². The molecule has 2 unspecified atom stereocenters. The molecule has 6 aromatic rings. The second kappa shape index (κ2) is 18.5. The topological polar surface area (TPSA) is 202 Å². The average Bonchev–Trinajstić information content (AvgIpc) is 3.79. The maximum atomic E-state index is 14.3. The van der Waals surface area contributed by atoms with Crippen LogP contribution in [0.4, 0.5) is 5.95 Å². The first kappa shape index (κ1) is 44.1. The van der Waals surface area contributed by atoms with Gasteiger partial charge in [0.25, 0.3) is 0 Å². The van der Waals surface area contributed by atoms with Crippen LogP contribution in [0.5, 0.6) is 0 Å². The number of aliphatic hydroxyl groups is 2. The molecule has 5 N–H and O–H groups in total. The summed E-state index contributed by atoms with van der Waals surface area (Å²) >= 11 is 1.03. The molecular weight excluding hydrogens is 820 g/mol. The fourth-order valence-corrected chi connectivity index (χ4v) is 9.42. The van der Waals surface area contributed by atoms with E-state index in [0.29, 0.717) is 0 Å². The van der Waals surface area contributed by atoms with Crippen molar-refractivity contribution in [2.75, 3.05) is 31.3 Å². The Labute approximate surface area is 357 Å². The molecule has 15 nitrogen and oxygen atoms in total. The van der Waals surface area contributed by atoms with Crippen molar-refractivity contribution >= 4 is 36.3 Å². The molecule has 0 spiro atoms. The molecule has 17 heteroatoms. The first-order chi connectivity index (χ1) is 29.2. The monoisotopic (exact) mass is 868 g/mol. The van der Waals surface area contributed by atoms with Gasteiger partial charge in [-0.25, -0.2) is 18.8 Å². The van der Waals surface area contributed by atoms with Crippen LogP contribution in [-0.2, 0) is 40.0 Å². The molecule has 0 radical (unpaired) electrons. The van der Waals surface area contributed by atoms with E-state index < -0.39 is 55.1 Å². The van der Waals surface area contributed by atoms with Gasteiger partial charge in [0.1, 0.15) is 23.4 Å². The van der Waals surface area contributed by atoms with E-state index in [9.17, 15) is 24.4 Å². The van der Waals surface area contributed by atoms with E-state index in [1.54, 1.807) is 0 Å². The number of benzene rings is 4. The lowest BCUT2D eigenvalue weighted by Gasteiger charge is -2.38. The van der Waals surface area contributed by atoms with Gasteiger partial charge in [0.15, 0.2) is 11.3 Å². The molecule has 7 rings (SSSR count). The van der Waals surface area contributed by atoms with Crippen molar-refractivity contribution < 1.29 is 38.1 Å². The number of hydrogen-bond donors (Lipinski definition) is 4. The van der Waals surface area contributed by atoms with E-state index in [1.165, 1.54) is 23.9 Å². The van der Waals surface area contributed by atoms with Crippen LogP contribution in [0, 0.1) is 5.41 Å². The van der Waals surface area contributed by atoms with E-state index in [-0.39, 0.29) is 42.4 Å². The van der Waals surface area contributed by atoms with Crippen molar-refractivity contribution in [1.82, 2.24) is 24.0 Å². The van der Waals surface area contributed by atoms with Gasteiger partial charge < -0.3 is 25.4 Å². The summed E-state index contributed by atoms with van der Waals surface area (Å²) in [7, 11) is -4.14. The molecule has 0 aliphatic carbocycles. The Bertz CT molecular complexity index is 2410. The molecular formula is C44H49N6O9PS. The Kier molecular flexibility index (Phi) is 13.4. The first-order valence-corrected chi connectivity index (χ1v) is 22.2. The zero-order valence-corrected chi connectivity index (χ0v) is 35.7. The van der Waals surface area contributed by atoms with Crippen molar-refractivity contribution in [2.45, 2.75) is 57.0 Å².